The SMILES string of the molecule is COc1ccc(Cl)cc1-c1ccc(/C=N\N2C(=O)[C@H]3[C@@H]4C=C[C@@H]([C@H]5C[C@H]45)[C@@H]3C2=O)o1. The smallest absolute Gasteiger partial charge is 0.254 e. The number of hydrazone groups is 1. The van der Waals surface area contributed by atoms with Crippen molar-refractivity contribution in [2.75, 3.05) is 7.11 Å². The third-order valence-electron chi connectivity index (χ3n) is 6.99. The number of carbonyl (C=O) groups is 2. The van der Waals surface area contributed by atoms with Crippen molar-refractivity contribution in [1.29, 1.82) is 0 Å². The number of benzene rings is 1. The highest BCUT2D eigenvalue weighted by Gasteiger charge is 2.67. The first kappa shape index (κ1) is 18.0. The molecule has 0 radical (unpaired) electrons. The Hall–Kier alpha value is -2.86. The van der Waals surface area contributed by atoms with Crippen molar-refractivity contribution in [2.24, 2.45) is 40.6 Å². The van der Waals surface area contributed by atoms with Crippen LogP contribution in [0.3, 0.4) is 0 Å². The van der Waals surface area contributed by atoms with E-state index >= 15 is 0 Å². The average Bonchev–Trinajstić information content (AvgIpc) is 3.39. The van der Waals surface area contributed by atoms with Crippen LogP contribution in [0.15, 0.2) is 52.0 Å². The number of methoxy groups -OCH3 is 1. The molecule has 0 unspecified atom stereocenters. The van der Waals surface area contributed by atoms with E-state index in [2.05, 4.69) is 17.3 Å². The molecule has 0 spiro atoms. The van der Waals surface area contributed by atoms with Crippen LogP contribution in [0, 0.1) is 35.5 Å². The highest BCUT2D eigenvalue weighted by molar-refractivity contribution is 6.31. The van der Waals surface area contributed by atoms with Gasteiger partial charge in [-0.05, 0) is 60.4 Å². The van der Waals surface area contributed by atoms with Crippen LogP contribution in [0.2, 0.25) is 5.02 Å². The van der Waals surface area contributed by atoms with E-state index in [1.807, 2.05) is 0 Å². The van der Waals surface area contributed by atoms with Crippen molar-refractivity contribution in [1.82, 2.24) is 5.01 Å². The molecule has 1 aromatic carbocycles. The van der Waals surface area contributed by atoms with Crippen molar-refractivity contribution in [3.8, 4) is 17.1 Å². The van der Waals surface area contributed by atoms with Crippen LogP contribution in [-0.4, -0.2) is 30.1 Å². The van der Waals surface area contributed by atoms with E-state index in [1.54, 1.807) is 37.4 Å². The summed E-state index contributed by atoms with van der Waals surface area (Å²) in [6.07, 6.45) is 6.86. The van der Waals surface area contributed by atoms with Crippen LogP contribution in [0.4, 0.5) is 0 Å². The molecule has 6 nitrogen and oxygen atoms in total. The van der Waals surface area contributed by atoms with E-state index < -0.39 is 0 Å². The van der Waals surface area contributed by atoms with Gasteiger partial charge in [-0.2, -0.15) is 10.1 Å². The maximum Gasteiger partial charge on any atom is 0.254 e. The van der Waals surface area contributed by atoms with Gasteiger partial charge >= 0.3 is 0 Å². The zero-order valence-electron chi connectivity index (χ0n) is 16.2. The van der Waals surface area contributed by atoms with E-state index in [4.69, 9.17) is 20.8 Å². The molecule has 1 saturated heterocycles. The minimum Gasteiger partial charge on any atom is -0.496 e. The van der Waals surface area contributed by atoms with Gasteiger partial charge in [0.05, 0.1) is 30.7 Å². The molecule has 2 saturated carbocycles. The Balaban J connectivity index is 1.26. The maximum atomic E-state index is 13.0. The lowest BCUT2D eigenvalue weighted by molar-refractivity contribution is -0.140. The van der Waals surface area contributed by atoms with Gasteiger partial charge in [0.15, 0.2) is 0 Å². The molecule has 152 valence electrons. The van der Waals surface area contributed by atoms with Crippen molar-refractivity contribution >= 4 is 29.6 Å². The zero-order chi connectivity index (χ0) is 20.6. The van der Waals surface area contributed by atoms with E-state index in [0.717, 1.165) is 11.4 Å². The highest BCUT2D eigenvalue weighted by Crippen LogP contribution is 2.65. The molecular weight excluding hydrogens is 404 g/mol. The molecule has 4 aliphatic carbocycles. The molecule has 1 aromatic heterocycles. The fourth-order valence-corrected chi connectivity index (χ4v) is 5.78. The summed E-state index contributed by atoms with van der Waals surface area (Å²) in [7, 11) is 1.58. The van der Waals surface area contributed by atoms with E-state index in [9.17, 15) is 9.59 Å². The third-order valence-corrected chi connectivity index (χ3v) is 7.23. The molecular formula is C23H19ClN2O4. The summed E-state index contributed by atoms with van der Waals surface area (Å²) in [5.74, 6) is 2.27. The molecule has 5 aliphatic rings. The fraction of sp³-hybridized carbons (Fsp3) is 0.348. The number of rotatable bonds is 4. The van der Waals surface area contributed by atoms with Gasteiger partial charge in [0.1, 0.15) is 17.3 Å². The third kappa shape index (κ3) is 2.46. The van der Waals surface area contributed by atoms with Gasteiger partial charge < -0.3 is 9.15 Å². The van der Waals surface area contributed by atoms with Crippen LogP contribution in [0.25, 0.3) is 11.3 Å². The van der Waals surface area contributed by atoms with Crippen LogP contribution in [0.1, 0.15) is 12.2 Å². The average molecular weight is 423 g/mol. The molecule has 7 heteroatoms. The first-order valence-electron chi connectivity index (χ1n) is 10.1. The number of hydrogen-bond acceptors (Lipinski definition) is 5. The first-order valence-corrected chi connectivity index (χ1v) is 10.5. The second-order valence-electron chi connectivity index (χ2n) is 8.43. The number of nitrogens with zero attached hydrogens (tertiary/aromatic N) is 2. The molecule has 2 aromatic rings. The summed E-state index contributed by atoms with van der Waals surface area (Å²) in [5.41, 5.74) is 0.714. The van der Waals surface area contributed by atoms with Gasteiger partial charge in [0, 0.05) is 5.02 Å². The number of furan rings is 1. The topological polar surface area (TPSA) is 72.1 Å². The molecule has 30 heavy (non-hydrogen) atoms. The summed E-state index contributed by atoms with van der Waals surface area (Å²) in [6.45, 7) is 0. The lowest BCUT2D eigenvalue weighted by atomic mass is 9.63. The molecule has 2 bridgehead atoms. The summed E-state index contributed by atoms with van der Waals surface area (Å²) >= 11 is 6.10. The van der Waals surface area contributed by atoms with Crippen LogP contribution >= 0.6 is 11.6 Å². The Morgan fingerprint density at radius 1 is 1.10 bits per heavy atom. The number of hydrogen-bond donors (Lipinski definition) is 0. The number of imide groups is 1. The quantitative estimate of drug-likeness (QED) is 0.424. The lowest BCUT2D eigenvalue weighted by Gasteiger charge is -2.37. The van der Waals surface area contributed by atoms with Gasteiger partial charge in [-0.1, -0.05) is 23.8 Å². The fourth-order valence-electron chi connectivity index (χ4n) is 5.61. The lowest BCUT2D eigenvalue weighted by Crippen LogP contribution is -2.40. The van der Waals surface area contributed by atoms with Crippen molar-refractivity contribution in [2.45, 2.75) is 6.42 Å². The molecule has 2 heterocycles. The Labute approximate surface area is 178 Å². The van der Waals surface area contributed by atoms with E-state index in [-0.39, 0.29) is 35.5 Å². The van der Waals surface area contributed by atoms with Crippen molar-refractivity contribution < 1.29 is 18.7 Å². The first-order chi connectivity index (χ1) is 14.6. The molecule has 1 aliphatic heterocycles. The molecule has 6 atom stereocenters. The van der Waals surface area contributed by atoms with E-state index in [0.29, 0.717) is 39.7 Å². The van der Waals surface area contributed by atoms with Gasteiger partial charge in [-0.3, -0.25) is 9.59 Å². The highest BCUT2D eigenvalue weighted by atomic mass is 35.5. The number of ether oxygens (including phenoxy) is 1. The molecule has 3 fully saturated rings. The van der Waals surface area contributed by atoms with Crippen molar-refractivity contribution in [3.63, 3.8) is 0 Å². The summed E-state index contributed by atoms with van der Waals surface area (Å²) in [5, 5.41) is 5.83. The summed E-state index contributed by atoms with van der Waals surface area (Å²) < 4.78 is 11.2. The second kappa shape index (κ2) is 6.32. The van der Waals surface area contributed by atoms with Gasteiger partial charge in [-0.15, -0.1) is 0 Å². The minimum absolute atomic E-state index is 0.186. The monoisotopic (exact) mass is 422 g/mol. The number of amides is 2. The predicted octanol–water partition coefficient (Wildman–Crippen LogP) is 4.00. The van der Waals surface area contributed by atoms with Gasteiger partial charge in [-0.25, -0.2) is 0 Å². The Kier molecular flexibility index (Phi) is 3.78. The van der Waals surface area contributed by atoms with Gasteiger partial charge in [0.25, 0.3) is 11.8 Å². The maximum absolute atomic E-state index is 13.0. The molecule has 0 N–H and O–H groups in total. The van der Waals surface area contributed by atoms with Gasteiger partial charge in [0.2, 0.25) is 0 Å². The standard InChI is InChI=1S/C23H19ClN2O4/c1-29-18-6-2-11(24)8-17(18)19-7-3-12(30-19)10-25-26-22(27)20-13-4-5-14(16-9-15(13)16)21(20)23(26)28/h2-8,10,13-16,20-21H,9H2,1H3/b25-10-/t13-,14+,15-,16-,20+,21+/m1/s1. The summed E-state index contributed by atoms with van der Waals surface area (Å²) in [6, 6.07) is 8.78. The Morgan fingerprint density at radius 2 is 1.80 bits per heavy atom. The molecule has 2 amide bonds. The van der Waals surface area contributed by atoms with Crippen LogP contribution in [0.5, 0.6) is 5.75 Å². The van der Waals surface area contributed by atoms with Crippen LogP contribution in [-0.2, 0) is 9.59 Å². The number of carbonyl (C=O) groups excluding carboxylic acids is 2. The number of halogens is 1. The largest absolute Gasteiger partial charge is 0.496 e. The Bertz CT molecular complexity index is 1100. The predicted molar refractivity (Wildman–Crippen MR) is 110 cm³/mol. The second-order valence-corrected chi connectivity index (χ2v) is 8.87. The zero-order valence-corrected chi connectivity index (χ0v) is 17.0. The number of allylic oxidation sites excluding steroid dienone is 2. The minimum atomic E-state index is -0.253. The summed E-state index contributed by atoms with van der Waals surface area (Å²) in [4.78, 5) is 25.9. The van der Waals surface area contributed by atoms with Crippen LogP contribution < -0.4 is 4.74 Å². The normalized spacial score (nSPS) is 33.3. The molecule has 7 rings (SSSR count). The van der Waals surface area contributed by atoms with Crippen molar-refractivity contribution in [3.05, 3.63) is 53.3 Å². The van der Waals surface area contributed by atoms with E-state index in [1.165, 1.54) is 6.21 Å². The Morgan fingerprint density at radius 3 is 2.47 bits per heavy atom.